The van der Waals surface area contributed by atoms with E-state index < -0.39 is 22.3 Å². The molecule has 1 aromatic heterocycles. The summed E-state index contributed by atoms with van der Waals surface area (Å²) in [5.41, 5.74) is 1.61. The lowest BCUT2D eigenvalue weighted by Gasteiger charge is -2.07. The van der Waals surface area contributed by atoms with Gasteiger partial charge in [0.05, 0.1) is 4.92 Å². The van der Waals surface area contributed by atoms with Gasteiger partial charge in [0.2, 0.25) is 5.95 Å². The molecule has 2 aromatic rings. The molecule has 0 aliphatic heterocycles. The molecule has 0 saturated carbocycles. The Balaban J connectivity index is 2.45. The third kappa shape index (κ3) is 2.97. The zero-order chi connectivity index (χ0) is 14.7. The Morgan fingerprint density at radius 3 is 2.90 bits per heavy atom. The topological polar surface area (TPSA) is 116 Å². The third-order valence-electron chi connectivity index (χ3n) is 2.16. The molecule has 8 nitrogen and oxygen atoms in total. The van der Waals surface area contributed by atoms with Crippen LogP contribution in [0.5, 0.6) is 11.6 Å². The number of hydrogen-bond acceptors (Lipinski definition) is 7. The van der Waals surface area contributed by atoms with Gasteiger partial charge in [-0.1, -0.05) is 15.9 Å². The van der Waals surface area contributed by atoms with Crippen molar-refractivity contribution in [2.24, 2.45) is 5.84 Å². The molecule has 0 radical (unpaired) electrons. The maximum Gasteiger partial charge on any atom is 0.349 e. The maximum atomic E-state index is 13.6. The smallest absolute Gasteiger partial charge is 0.349 e. The molecule has 0 aliphatic carbocycles. The van der Waals surface area contributed by atoms with E-state index in [0.29, 0.717) is 4.47 Å². The number of ether oxygens (including phenoxy) is 1. The molecule has 0 bridgehead atoms. The number of nitrogens with one attached hydrogen (secondary N) is 1. The quantitative estimate of drug-likeness (QED) is 0.497. The summed E-state index contributed by atoms with van der Waals surface area (Å²) in [6.45, 7) is 0. The van der Waals surface area contributed by atoms with Crippen LogP contribution in [0.2, 0.25) is 0 Å². The van der Waals surface area contributed by atoms with Crippen molar-refractivity contribution < 1.29 is 14.1 Å². The number of hydrazine groups is 1. The number of aromatic nitrogens is 2. The number of benzene rings is 1. The fraction of sp³-hybridized carbons (Fsp3) is 0. The number of hydrogen-bond donors (Lipinski definition) is 2. The van der Waals surface area contributed by atoms with Gasteiger partial charge < -0.3 is 4.74 Å². The van der Waals surface area contributed by atoms with Gasteiger partial charge in [0.25, 0.3) is 0 Å². The number of nitro groups is 1. The Labute approximate surface area is 120 Å². The number of halogens is 2. The van der Waals surface area contributed by atoms with E-state index in [9.17, 15) is 14.5 Å². The number of anilines is 1. The first-order valence-corrected chi connectivity index (χ1v) is 5.91. The fourth-order valence-corrected chi connectivity index (χ4v) is 1.63. The van der Waals surface area contributed by atoms with Crippen LogP contribution in [-0.4, -0.2) is 14.9 Å². The Bertz CT molecular complexity index is 669. The molecule has 10 heteroatoms. The predicted octanol–water partition coefficient (Wildman–Crippen LogP) is 2.36. The van der Waals surface area contributed by atoms with Gasteiger partial charge in [-0.15, -0.1) is 0 Å². The Hall–Kier alpha value is -2.33. The zero-order valence-corrected chi connectivity index (χ0v) is 11.3. The molecule has 0 spiro atoms. The Morgan fingerprint density at radius 1 is 1.50 bits per heavy atom. The lowest BCUT2D eigenvalue weighted by Crippen LogP contribution is -2.11. The molecule has 0 aliphatic rings. The molecule has 1 heterocycles. The predicted molar refractivity (Wildman–Crippen MR) is 70.7 cm³/mol. The molecule has 0 unspecified atom stereocenters. The SMILES string of the molecule is NNc1ncc([N+](=O)[O-])c(Oc2cc(Br)ccc2F)n1. The molecule has 1 aromatic carbocycles. The fourth-order valence-electron chi connectivity index (χ4n) is 1.29. The van der Waals surface area contributed by atoms with Crippen LogP contribution in [0.15, 0.2) is 28.9 Å². The van der Waals surface area contributed by atoms with Crippen LogP contribution in [0, 0.1) is 15.9 Å². The Kier molecular flexibility index (Phi) is 4.05. The largest absolute Gasteiger partial charge is 0.430 e. The molecule has 0 atom stereocenters. The molecule has 0 amide bonds. The molecule has 3 N–H and O–H groups in total. The molecule has 20 heavy (non-hydrogen) atoms. The van der Waals surface area contributed by atoms with E-state index in [-0.39, 0.29) is 11.7 Å². The maximum absolute atomic E-state index is 13.6. The summed E-state index contributed by atoms with van der Waals surface area (Å²) in [6, 6.07) is 3.93. The van der Waals surface area contributed by atoms with Crippen LogP contribution in [0.3, 0.4) is 0 Å². The third-order valence-corrected chi connectivity index (χ3v) is 2.65. The van der Waals surface area contributed by atoms with E-state index >= 15 is 0 Å². The van der Waals surface area contributed by atoms with Gasteiger partial charge in [-0.05, 0) is 18.2 Å². The van der Waals surface area contributed by atoms with Crippen molar-refractivity contribution in [1.29, 1.82) is 0 Å². The van der Waals surface area contributed by atoms with E-state index in [1.165, 1.54) is 12.1 Å². The van der Waals surface area contributed by atoms with E-state index in [0.717, 1.165) is 12.3 Å². The second-order valence-electron chi connectivity index (χ2n) is 3.46. The zero-order valence-electron chi connectivity index (χ0n) is 9.71. The van der Waals surface area contributed by atoms with E-state index in [2.05, 4.69) is 31.3 Å². The highest BCUT2D eigenvalue weighted by Gasteiger charge is 2.21. The molecular weight excluding hydrogens is 337 g/mol. The minimum absolute atomic E-state index is 0.0963. The van der Waals surface area contributed by atoms with Crippen molar-refractivity contribution in [3.8, 4) is 11.6 Å². The van der Waals surface area contributed by atoms with E-state index in [1.54, 1.807) is 0 Å². The van der Waals surface area contributed by atoms with Crippen LogP contribution in [-0.2, 0) is 0 Å². The summed E-state index contributed by atoms with van der Waals surface area (Å²) in [7, 11) is 0. The van der Waals surface area contributed by atoms with Crippen molar-refractivity contribution in [3.05, 3.63) is 44.8 Å². The summed E-state index contributed by atoms with van der Waals surface area (Å²) >= 11 is 3.14. The van der Waals surface area contributed by atoms with Crippen molar-refractivity contribution in [2.45, 2.75) is 0 Å². The lowest BCUT2D eigenvalue weighted by atomic mass is 10.3. The summed E-state index contributed by atoms with van der Waals surface area (Å²) in [5.74, 6) is 3.68. The highest BCUT2D eigenvalue weighted by Crippen LogP contribution is 2.32. The Morgan fingerprint density at radius 2 is 2.25 bits per heavy atom. The van der Waals surface area contributed by atoms with Crippen LogP contribution in [0.25, 0.3) is 0 Å². The van der Waals surface area contributed by atoms with Crippen molar-refractivity contribution >= 4 is 27.6 Å². The summed E-state index contributed by atoms with van der Waals surface area (Å²) in [6.07, 6.45) is 0.910. The van der Waals surface area contributed by atoms with Gasteiger partial charge in [0.15, 0.2) is 11.6 Å². The summed E-state index contributed by atoms with van der Waals surface area (Å²) in [5, 5.41) is 10.9. The number of nitrogens with two attached hydrogens (primary N) is 1. The lowest BCUT2D eigenvalue weighted by molar-refractivity contribution is -0.386. The van der Waals surface area contributed by atoms with E-state index in [4.69, 9.17) is 10.6 Å². The van der Waals surface area contributed by atoms with Crippen LogP contribution < -0.4 is 16.0 Å². The standard InChI is InChI=1S/C10H7BrFN5O3/c11-5-1-2-6(12)8(3-5)20-9-7(17(18)19)4-14-10(15-9)16-13/h1-4H,13H2,(H,14,15,16). The van der Waals surface area contributed by atoms with Gasteiger partial charge in [0, 0.05) is 4.47 Å². The van der Waals surface area contributed by atoms with Gasteiger partial charge in [0.1, 0.15) is 6.20 Å². The van der Waals surface area contributed by atoms with E-state index in [1.807, 2.05) is 0 Å². The first kappa shape index (κ1) is 14.1. The minimum atomic E-state index is -0.745. The molecule has 0 saturated heterocycles. The van der Waals surface area contributed by atoms with Gasteiger partial charge in [-0.3, -0.25) is 15.5 Å². The van der Waals surface area contributed by atoms with Crippen molar-refractivity contribution in [3.63, 3.8) is 0 Å². The molecular formula is C10H7BrFN5O3. The molecule has 2 rings (SSSR count). The highest BCUT2D eigenvalue weighted by atomic mass is 79.9. The first-order valence-electron chi connectivity index (χ1n) is 5.12. The monoisotopic (exact) mass is 343 g/mol. The van der Waals surface area contributed by atoms with Gasteiger partial charge in [-0.25, -0.2) is 15.2 Å². The van der Waals surface area contributed by atoms with Crippen molar-refractivity contribution in [1.82, 2.24) is 9.97 Å². The van der Waals surface area contributed by atoms with Crippen LogP contribution >= 0.6 is 15.9 Å². The molecule has 104 valence electrons. The van der Waals surface area contributed by atoms with Crippen LogP contribution in [0.4, 0.5) is 16.0 Å². The number of rotatable bonds is 4. The van der Waals surface area contributed by atoms with Gasteiger partial charge in [-0.2, -0.15) is 4.98 Å². The second-order valence-corrected chi connectivity index (χ2v) is 4.38. The average molecular weight is 344 g/mol. The minimum Gasteiger partial charge on any atom is -0.430 e. The number of nitrogen functional groups attached to an aromatic ring is 1. The number of nitrogens with zero attached hydrogens (tertiary/aromatic N) is 3. The summed E-state index contributed by atoms with van der Waals surface area (Å²) < 4.78 is 19.2. The second kappa shape index (κ2) is 5.75. The van der Waals surface area contributed by atoms with Crippen LogP contribution in [0.1, 0.15) is 0 Å². The highest BCUT2D eigenvalue weighted by molar-refractivity contribution is 9.10. The summed E-state index contributed by atoms with van der Waals surface area (Å²) in [4.78, 5) is 17.4. The normalized spacial score (nSPS) is 10.2. The van der Waals surface area contributed by atoms with Crippen molar-refractivity contribution in [2.75, 3.05) is 5.43 Å². The average Bonchev–Trinajstić information content (AvgIpc) is 2.42. The first-order chi connectivity index (χ1) is 9.51. The van der Waals surface area contributed by atoms with Gasteiger partial charge >= 0.3 is 11.6 Å². The molecule has 0 fully saturated rings.